The maximum absolute atomic E-state index is 12.3. The fourth-order valence-electron chi connectivity index (χ4n) is 3.42. The molecule has 0 radical (unpaired) electrons. The molecule has 132 valence electrons. The predicted molar refractivity (Wildman–Crippen MR) is 105 cm³/mol. The molecule has 0 bridgehead atoms. The lowest BCUT2D eigenvalue weighted by Gasteiger charge is -2.26. The summed E-state index contributed by atoms with van der Waals surface area (Å²) in [6, 6.07) is 3.58. The number of hydrogen-bond donors (Lipinski definition) is 2. The molecule has 3 rings (SSSR count). The number of anilines is 3. The Kier molecular flexibility index (Phi) is 5.70. The summed E-state index contributed by atoms with van der Waals surface area (Å²) in [4.78, 5) is 16.3. The van der Waals surface area contributed by atoms with E-state index in [0.29, 0.717) is 23.6 Å². The first-order chi connectivity index (χ1) is 11.5. The molecule has 0 spiro atoms. The molecular formula is C17H25IN4O2. The molecule has 4 N–H and O–H groups in total. The summed E-state index contributed by atoms with van der Waals surface area (Å²) < 4.78 is 6.40. The average molecular weight is 444 g/mol. The summed E-state index contributed by atoms with van der Waals surface area (Å²) in [5.74, 6) is 0. The van der Waals surface area contributed by atoms with Crippen molar-refractivity contribution in [1.82, 2.24) is 4.90 Å². The molecule has 2 aliphatic heterocycles. The second-order valence-electron chi connectivity index (χ2n) is 6.62. The number of nitrogens with zero attached hydrogens (tertiary/aromatic N) is 2. The van der Waals surface area contributed by atoms with Gasteiger partial charge in [0.15, 0.2) is 0 Å². The number of ether oxygens (including phenoxy) is 1. The first-order valence-electron chi connectivity index (χ1n) is 8.59. The minimum absolute atomic E-state index is 0.0985. The largest absolute Gasteiger partial charge is 0.443 e. The van der Waals surface area contributed by atoms with Crippen LogP contribution in [0.25, 0.3) is 0 Å². The number of amides is 1. The van der Waals surface area contributed by atoms with Gasteiger partial charge in [-0.1, -0.05) is 19.3 Å². The van der Waals surface area contributed by atoms with E-state index in [2.05, 4.69) is 27.5 Å². The van der Waals surface area contributed by atoms with Crippen molar-refractivity contribution in [2.24, 2.45) is 0 Å². The fourth-order valence-corrected chi connectivity index (χ4v) is 3.73. The van der Waals surface area contributed by atoms with Crippen LogP contribution in [0.1, 0.15) is 32.1 Å². The molecule has 1 unspecified atom stereocenters. The van der Waals surface area contributed by atoms with Crippen molar-refractivity contribution in [1.29, 1.82) is 0 Å². The predicted octanol–water partition coefficient (Wildman–Crippen LogP) is 3.05. The van der Waals surface area contributed by atoms with Crippen LogP contribution in [-0.2, 0) is 4.74 Å². The van der Waals surface area contributed by atoms with Crippen molar-refractivity contribution in [2.75, 3.05) is 42.5 Å². The van der Waals surface area contributed by atoms with Gasteiger partial charge in [-0.15, -0.1) is 0 Å². The quantitative estimate of drug-likeness (QED) is 0.553. The Hall–Kier alpha value is -1.22. The molecule has 2 heterocycles. The number of benzene rings is 1. The summed E-state index contributed by atoms with van der Waals surface area (Å²) in [5, 5.41) is 0. The van der Waals surface area contributed by atoms with Crippen molar-refractivity contribution in [3.05, 3.63) is 15.7 Å². The van der Waals surface area contributed by atoms with Gasteiger partial charge >= 0.3 is 6.09 Å². The number of nitrogens with two attached hydrogens (primary N) is 2. The van der Waals surface area contributed by atoms with E-state index in [0.717, 1.165) is 23.2 Å². The van der Waals surface area contributed by atoms with E-state index in [4.69, 9.17) is 16.2 Å². The zero-order valence-corrected chi connectivity index (χ0v) is 16.0. The van der Waals surface area contributed by atoms with Crippen molar-refractivity contribution in [3.8, 4) is 0 Å². The first kappa shape index (κ1) is 17.6. The highest BCUT2D eigenvalue weighted by Gasteiger charge is 2.33. The lowest BCUT2D eigenvalue weighted by atomic mass is 10.1. The number of carbonyl (C=O) groups is 1. The molecule has 2 fully saturated rings. The monoisotopic (exact) mass is 444 g/mol. The minimum Gasteiger partial charge on any atom is -0.443 e. The van der Waals surface area contributed by atoms with Crippen LogP contribution in [0.2, 0.25) is 0 Å². The summed E-state index contributed by atoms with van der Waals surface area (Å²) >= 11 is 2.11. The number of cyclic esters (lactones) is 1. The van der Waals surface area contributed by atoms with Crippen LogP contribution >= 0.6 is 22.6 Å². The lowest BCUT2D eigenvalue weighted by molar-refractivity contribution is 0.105. The maximum atomic E-state index is 12.3. The second kappa shape index (κ2) is 7.77. The number of likely N-dealkylation sites (tertiary alicyclic amines) is 1. The van der Waals surface area contributed by atoms with Gasteiger partial charge in [0.2, 0.25) is 0 Å². The molecule has 2 saturated heterocycles. The SMILES string of the molecule is Nc1cc(N2CC(CN3CCCCCCC3)OC2=O)cc(N)c1I. The van der Waals surface area contributed by atoms with Crippen LogP contribution in [0.4, 0.5) is 21.9 Å². The third-order valence-electron chi connectivity index (χ3n) is 4.71. The fraction of sp³-hybridized carbons (Fsp3) is 0.588. The van der Waals surface area contributed by atoms with Crippen molar-refractivity contribution >= 4 is 45.7 Å². The smallest absolute Gasteiger partial charge is 0.414 e. The van der Waals surface area contributed by atoms with E-state index in [1.165, 1.54) is 32.1 Å². The van der Waals surface area contributed by atoms with Gasteiger partial charge in [-0.3, -0.25) is 9.80 Å². The van der Waals surface area contributed by atoms with E-state index in [-0.39, 0.29) is 12.2 Å². The Morgan fingerprint density at radius 1 is 1.08 bits per heavy atom. The summed E-state index contributed by atoms with van der Waals surface area (Å²) in [6.07, 6.45) is 5.99. The van der Waals surface area contributed by atoms with Crippen molar-refractivity contribution in [2.45, 2.75) is 38.2 Å². The van der Waals surface area contributed by atoms with E-state index in [9.17, 15) is 4.79 Å². The van der Waals surface area contributed by atoms with Gasteiger partial charge < -0.3 is 16.2 Å². The molecule has 24 heavy (non-hydrogen) atoms. The molecular weight excluding hydrogens is 419 g/mol. The Balaban J connectivity index is 1.65. The lowest BCUT2D eigenvalue weighted by Crippen LogP contribution is -2.36. The summed E-state index contributed by atoms with van der Waals surface area (Å²) in [7, 11) is 0. The topological polar surface area (TPSA) is 84.8 Å². The van der Waals surface area contributed by atoms with Gasteiger partial charge in [0.05, 0.1) is 15.8 Å². The Bertz CT molecular complexity index is 579. The van der Waals surface area contributed by atoms with Gasteiger partial charge in [-0.2, -0.15) is 0 Å². The van der Waals surface area contributed by atoms with E-state index in [1.54, 1.807) is 17.0 Å². The number of rotatable bonds is 3. The highest BCUT2D eigenvalue weighted by atomic mass is 127. The number of carbonyl (C=O) groups excluding carboxylic acids is 1. The number of hydrogen-bond acceptors (Lipinski definition) is 5. The van der Waals surface area contributed by atoms with Gasteiger partial charge in [0, 0.05) is 17.9 Å². The summed E-state index contributed by atoms with van der Waals surface area (Å²) in [6.45, 7) is 3.54. The molecule has 1 amide bonds. The third-order valence-corrected chi connectivity index (χ3v) is 5.96. The molecule has 0 aliphatic carbocycles. The standard InChI is InChI=1S/C17H25IN4O2/c18-16-14(19)8-12(9-15(16)20)22-11-13(24-17(22)23)10-21-6-4-2-1-3-5-7-21/h8-9,13H,1-7,10-11,19-20H2. The molecule has 1 atom stereocenters. The van der Waals surface area contributed by atoms with Gasteiger partial charge in [0.1, 0.15) is 6.10 Å². The molecule has 6 nitrogen and oxygen atoms in total. The highest BCUT2D eigenvalue weighted by molar-refractivity contribution is 14.1. The average Bonchev–Trinajstić information content (AvgIpc) is 2.87. The summed E-state index contributed by atoms with van der Waals surface area (Å²) in [5.41, 5.74) is 13.8. The highest BCUT2D eigenvalue weighted by Crippen LogP contribution is 2.31. The van der Waals surface area contributed by atoms with Crippen LogP contribution in [0.3, 0.4) is 0 Å². The van der Waals surface area contributed by atoms with Crippen LogP contribution in [0.5, 0.6) is 0 Å². The number of halogens is 1. The van der Waals surface area contributed by atoms with E-state index >= 15 is 0 Å². The van der Waals surface area contributed by atoms with Crippen LogP contribution in [-0.4, -0.2) is 43.3 Å². The molecule has 2 aliphatic rings. The van der Waals surface area contributed by atoms with Crippen LogP contribution in [0, 0.1) is 3.57 Å². The maximum Gasteiger partial charge on any atom is 0.414 e. The van der Waals surface area contributed by atoms with Gasteiger partial charge in [-0.25, -0.2) is 4.79 Å². The second-order valence-corrected chi connectivity index (χ2v) is 7.70. The zero-order chi connectivity index (χ0) is 17.1. The van der Waals surface area contributed by atoms with E-state index < -0.39 is 0 Å². The van der Waals surface area contributed by atoms with Crippen molar-refractivity contribution < 1.29 is 9.53 Å². The van der Waals surface area contributed by atoms with Crippen LogP contribution in [0.15, 0.2) is 12.1 Å². The van der Waals surface area contributed by atoms with E-state index in [1.807, 2.05) is 0 Å². The minimum atomic E-state index is -0.313. The Morgan fingerprint density at radius 3 is 2.29 bits per heavy atom. The molecule has 0 aromatic heterocycles. The molecule has 1 aromatic carbocycles. The molecule has 1 aromatic rings. The Morgan fingerprint density at radius 2 is 1.67 bits per heavy atom. The zero-order valence-electron chi connectivity index (χ0n) is 13.8. The normalized spacial score (nSPS) is 23.0. The number of nitrogen functional groups attached to an aromatic ring is 2. The van der Waals surface area contributed by atoms with Crippen molar-refractivity contribution in [3.63, 3.8) is 0 Å². The van der Waals surface area contributed by atoms with Crippen LogP contribution < -0.4 is 16.4 Å². The van der Waals surface area contributed by atoms with Gasteiger partial charge in [0.25, 0.3) is 0 Å². The Labute approximate surface area is 156 Å². The third kappa shape index (κ3) is 4.05. The molecule has 7 heteroatoms. The molecule has 0 saturated carbocycles. The van der Waals surface area contributed by atoms with Gasteiger partial charge in [-0.05, 0) is 60.7 Å². The first-order valence-corrected chi connectivity index (χ1v) is 9.67.